The molecule has 0 aliphatic rings. The van der Waals surface area contributed by atoms with Crippen molar-refractivity contribution in [1.82, 2.24) is 5.32 Å². The topological polar surface area (TPSA) is 93.7 Å². The van der Waals surface area contributed by atoms with Crippen LogP contribution < -0.4 is 10.6 Å². The Morgan fingerprint density at radius 3 is 2.25 bits per heavy atom. The molecule has 7 heteroatoms. The number of nitrogens with one attached hydrogen (secondary N) is 2. The number of amides is 2. The van der Waals surface area contributed by atoms with Gasteiger partial charge in [0.05, 0.1) is 18.8 Å². The quantitative estimate of drug-likeness (QED) is 0.427. The molecule has 2 amide bonds. The van der Waals surface area contributed by atoms with Gasteiger partial charge in [0, 0.05) is 19.3 Å². The molecule has 1 rings (SSSR count). The Morgan fingerprint density at radius 2 is 1.71 bits per heavy atom. The van der Waals surface area contributed by atoms with Gasteiger partial charge in [0.25, 0.3) is 0 Å². The lowest BCUT2D eigenvalue weighted by molar-refractivity contribution is -0.138. The average Bonchev–Trinajstić information content (AvgIpc) is 2.55. The van der Waals surface area contributed by atoms with E-state index in [1.54, 1.807) is 31.2 Å². The van der Waals surface area contributed by atoms with Gasteiger partial charge in [-0.3, -0.25) is 9.59 Å². The fourth-order valence-corrected chi connectivity index (χ4v) is 1.78. The first-order valence-electron chi connectivity index (χ1n) is 7.68. The minimum absolute atomic E-state index is 0.295. The molecule has 0 unspecified atom stereocenters. The number of hydrogen-bond acceptors (Lipinski definition) is 5. The van der Waals surface area contributed by atoms with E-state index in [9.17, 15) is 14.4 Å². The second kappa shape index (κ2) is 9.02. The van der Waals surface area contributed by atoms with Gasteiger partial charge in [-0.1, -0.05) is 0 Å². The molecular formula is C17H24N2O5. The van der Waals surface area contributed by atoms with Gasteiger partial charge in [0.2, 0.25) is 11.8 Å². The molecule has 0 aromatic heterocycles. The van der Waals surface area contributed by atoms with Crippen LogP contribution in [0.4, 0.5) is 5.69 Å². The normalized spacial score (nSPS) is 10.8. The van der Waals surface area contributed by atoms with Gasteiger partial charge in [-0.15, -0.1) is 0 Å². The summed E-state index contributed by atoms with van der Waals surface area (Å²) in [5.74, 6) is -1.25. The summed E-state index contributed by atoms with van der Waals surface area (Å²) in [6.07, 6.45) is 0. The van der Waals surface area contributed by atoms with Gasteiger partial charge in [0.1, 0.15) is 5.41 Å². The first-order chi connectivity index (χ1) is 11.3. The summed E-state index contributed by atoms with van der Waals surface area (Å²) in [6.45, 7) is 5.81. The third kappa shape index (κ3) is 5.34. The van der Waals surface area contributed by atoms with Crippen molar-refractivity contribution in [3.8, 4) is 0 Å². The summed E-state index contributed by atoms with van der Waals surface area (Å²) in [7, 11) is 1.53. The molecule has 0 radical (unpaired) electrons. The molecule has 7 nitrogen and oxygen atoms in total. The molecule has 0 saturated carbocycles. The summed E-state index contributed by atoms with van der Waals surface area (Å²) in [4.78, 5) is 36.0. The van der Waals surface area contributed by atoms with E-state index in [2.05, 4.69) is 10.6 Å². The maximum Gasteiger partial charge on any atom is 0.338 e. The average molecular weight is 336 g/mol. The number of rotatable bonds is 8. The van der Waals surface area contributed by atoms with Crippen molar-refractivity contribution in [1.29, 1.82) is 0 Å². The fourth-order valence-electron chi connectivity index (χ4n) is 1.78. The lowest BCUT2D eigenvalue weighted by Gasteiger charge is -2.22. The number of carbonyl (C=O) groups excluding carboxylic acids is 3. The van der Waals surface area contributed by atoms with Crippen LogP contribution in [0.3, 0.4) is 0 Å². The molecule has 0 aliphatic carbocycles. The predicted octanol–water partition coefficient (Wildman–Crippen LogP) is 1.59. The fraction of sp³-hybridized carbons (Fsp3) is 0.471. The number of anilines is 1. The minimum Gasteiger partial charge on any atom is -0.462 e. The molecule has 2 N–H and O–H groups in total. The van der Waals surface area contributed by atoms with E-state index < -0.39 is 17.3 Å². The Kier molecular flexibility index (Phi) is 7.38. The maximum absolute atomic E-state index is 12.3. The Balaban J connectivity index is 2.68. The second-order valence-corrected chi connectivity index (χ2v) is 5.63. The monoisotopic (exact) mass is 336 g/mol. The Labute approximate surface area is 141 Å². The van der Waals surface area contributed by atoms with E-state index in [1.165, 1.54) is 21.0 Å². The van der Waals surface area contributed by atoms with Crippen LogP contribution in [-0.2, 0) is 19.1 Å². The van der Waals surface area contributed by atoms with Crippen LogP contribution in [0.1, 0.15) is 31.1 Å². The van der Waals surface area contributed by atoms with Crippen LogP contribution in [-0.4, -0.2) is 44.7 Å². The third-order valence-electron chi connectivity index (χ3n) is 3.38. The van der Waals surface area contributed by atoms with E-state index in [0.717, 1.165) is 0 Å². The van der Waals surface area contributed by atoms with Gasteiger partial charge >= 0.3 is 5.97 Å². The molecule has 1 aromatic rings. The molecule has 0 spiro atoms. The smallest absolute Gasteiger partial charge is 0.338 e. The van der Waals surface area contributed by atoms with Crippen molar-refractivity contribution in [3.05, 3.63) is 29.8 Å². The lowest BCUT2D eigenvalue weighted by atomic mass is 9.91. The predicted molar refractivity (Wildman–Crippen MR) is 89.7 cm³/mol. The first-order valence-corrected chi connectivity index (χ1v) is 7.68. The standard InChI is InChI=1S/C17H24N2O5/c1-5-24-14(20)12-6-8-13(9-7-12)19-16(22)17(2,3)15(21)18-10-11-23-4/h6-9H,5,10-11H2,1-4H3,(H,18,21)(H,19,22). The van der Waals surface area contributed by atoms with Gasteiger partial charge < -0.3 is 20.1 Å². The molecule has 0 saturated heterocycles. The highest BCUT2D eigenvalue weighted by atomic mass is 16.5. The maximum atomic E-state index is 12.3. The zero-order valence-electron chi connectivity index (χ0n) is 14.5. The Hall–Kier alpha value is -2.41. The van der Waals surface area contributed by atoms with E-state index in [-0.39, 0.29) is 5.91 Å². The van der Waals surface area contributed by atoms with Crippen molar-refractivity contribution in [2.45, 2.75) is 20.8 Å². The molecule has 1 aromatic carbocycles. The number of benzene rings is 1. The molecule has 0 atom stereocenters. The van der Waals surface area contributed by atoms with E-state index >= 15 is 0 Å². The van der Waals surface area contributed by atoms with Gasteiger partial charge in [0.15, 0.2) is 0 Å². The SMILES string of the molecule is CCOC(=O)c1ccc(NC(=O)C(C)(C)C(=O)NCCOC)cc1. The third-order valence-corrected chi connectivity index (χ3v) is 3.38. The van der Waals surface area contributed by atoms with Crippen LogP contribution in [0.5, 0.6) is 0 Å². The number of esters is 1. The lowest BCUT2D eigenvalue weighted by Crippen LogP contribution is -2.45. The van der Waals surface area contributed by atoms with Crippen molar-refractivity contribution >= 4 is 23.5 Å². The van der Waals surface area contributed by atoms with Gasteiger partial charge in [-0.25, -0.2) is 4.79 Å². The molecule has 0 fully saturated rings. The first kappa shape index (κ1) is 19.6. The van der Waals surface area contributed by atoms with Crippen LogP contribution >= 0.6 is 0 Å². The molecule has 0 bridgehead atoms. The summed E-state index contributed by atoms with van der Waals surface area (Å²) in [6, 6.07) is 6.28. The molecule has 24 heavy (non-hydrogen) atoms. The highest BCUT2D eigenvalue weighted by molar-refractivity contribution is 6.09. The van der Waals surface area contributed by atoms with Gasteiger partial charge in [-0.05, 0) is 45.0 Å². The molecule has 0 heterocycles. The number of ether oxygens (including phenoxy) is 2. The molecular weight excluding hydrogens is 312 g/mol. The van der Waals surface area contributed by atoms with Crippen molar-refractivity contribution in [2.24, 2.45) is 5.41 Å². The van der Waals surface area contributed by atoms with Crippen LogP contribution in [0.15, 0.2) is 24.3 Å². The summed E-state index contributed by atoms with van der Waals surface area (Å²) >= 11 is 0. The van der Waals surface area contributed by atoms with E-state index in [0.29, 0.717) is 31.0 Å². The number of hydrogen-bond donors (Lipinski definition) is 2. The largest absolute Gasteiger partial charge is 0.462 e. The van der Waals surface area contributed by atoms with Crippen LogP contribution in [0, 0.1) is 5.41 Å². The number of carbonyl (C=O) groups is 3. The van der Waals surface area contributed by atoms with Crippen molar-refractivity contribution in [3.63, 3.8) is 0 Å². The highest BCUT2D eigenvalue weighted by Gasteiger charge is 2.35. The Morgan fingerprint density at radius 1 is 1.08 bits per heavy atom. The second-order valence-electron chi connectivity index (χ2n) is 5.63. The summed E-state index contributed by atoms with van der Waals surface area (Å²) < 4.78 is 9.75. The van der Waals surface area contributed by atoms with Crippen molar-refractivity contribution < 1.29 is 23.9 Å². The highest BCUT2D eigenvalue weighted by Crippen LogP contribution is 2.19. The number of methoxy groups -OCH3 is 1. The summed E-state index contributed by atoms with van der Waals surface area (Å²) in [5.41, 5.74) is -0.356. The van der Waals surface area contributed by atoms with E-state index in [1.807, 2.05) is 0 Å². The minimum atomic E-state index is -1.24. The van der Waals surface area contributed by atoms with E-state index in [4.69, 9.17) is 9.47 Å². The van der Waals surface area contributed by atoms with Gasteiger partial charge in [-0.2, -0.15) is 0 Å². The summed E-state index contributed by atoms with van der Waals surface area (Å²) in [5, 5.41) is 5.31. The zero-order valence-corrected chi connectivity index (χ0v) is 14.5. The Bertz CT molecular complexity index is 581. The van der Waals surface area contributed by atoms with Crippen LogP contribution in [0.25, 0.3) is 0 Å². The molecule has 132 valence electrons. The zero-order chi connectivity index (χ0) is 18.2. The molecule has 0 aliphatic heterocycles. The van der Waals surface area contributed by atoms with Crippen LogP contribution in [0.2, 0.25) is 0 Å². The van der Waals surface area contributed by atoms with Crippen molar-refractivity contribution in [2.75, 3.05) is 32.2 Å².